The van der Waals surface area contributed by atoms with Crippen LogP contribution in [0.4, 0.5) is 5.69 Å². The first-order valence-electron chi connectivity index (χ1n) is 3.90. The van der Waals surface area contributed by atoms with Gasteiger partial charge in [-0.05, 0) is 0 Å². The zero-order valence-corrected chi connectivity index (χ0v) is 7.96. The summed E-state index contributed by atoms with van der Waals surface area (Å²) in [6.07, 6.45) is 3.32. The first kappa shape index (κ1) is 10.7. The lowest BCUT2D eigenvalue weighted by atomic mass is 10.5. The lowest BCUT2D eigenvalue weighted by Gasteiger charge is -1.98. The standard InChI is InChI=1S/C6H9N3O.C2H6/c1-7-5-3-8-6(10-2)9-4-5;1-2/h3-4,7H,1-2H3;1-2H3. The molecule has 0 aliphatic rings. The van der Waals surface area contributed by atoms with Crippen molar-refractivity contribution in [3.63, 3.8) is 0 Å². The summed E-state index contributed by atoms with van der Waals surface area (Å²) in [5.41, 5.74) is 0.876. The van der Waals surface area contributed by atoms with Crippen LogP contribution in [0.15, 0.2) is 12.4 Å². The van der Waals surface area contributed by atoms with Crippen LogP contribution in [-0.4, -0.2) is 24.1 Å². The number of aromatic nitrogens is 2. The fourth-order valence-electron chi connectivity index (χ4n) is 0.551. The molecule has 0 saturated carbocycles. The van der Waals surface area contributed by atoms with Crippen molar-refractivity contribution in [1.82, 2.24) is 9.97 Å². The topological polar surface area (TPSA) is 47.0 Å². The molecule has 4 heteroatoms. The molecular formula is C8H15N3O. The van der Waals surface area contributed by atoms with Gasteiger partial charge in [-0.3, -0.25) is 0 Å². The van der Waals surface area contributed by atoms with Crippen LogP contribution < -0.4 is 10.1 Å². The maximum absolute atomic E-state index is 4.76. The molecule has 0 amide bonds. The third-order valence-electron chi connectivity index (χ3n) is 1.10. The zero-order chi connectivity index (χ0) is 9.40. The van der Waals surface area contributed by atoms with Crippen molar-refractivity contribution in [2.45, 2.75) is 13.8 Å². The van der Waals surface area contributed by atoms with Crippen molar-refractivity contribution in [2.75, 3.05) is 19.5 Å². The van der Waals surface area contributed by atoms with E-state index in [1.165, 1.54) is 7.11 Å². The summed E-state index contributed by atoms with van der Waals surface area (Å²) in [6.45, 7) is 4.00. The van der Waals surface area contributed by atoms with Crippen LogP contribution in [0.2, 0.25) is 0 Å². The van der Waals surface area contributed by atoms with Gasteiger partial charge in [0.1, 0.15) is 0 Å². The van der Waals surface area contributed by atoms with E-state index in [0.717, 1.165) is 5.69 Å². The van der Waals surface area contributed by atoms with E-state index in [-0.39, 0.29) is 0 Å². The Morgan fingerprint density at radius 2 is 1.75 bits per heavy atom. The molecule has 1 aromatic rings. The highest BCUT2D eigenvalue weighted by atomic mass is 16.5. The van der Waals surface area contributed by atoms with Gasteiger partial charge in [0.15, 0.2) is 0 Å². The molecule has 1 aromatic heterocycles. The van der Waals surface area contributed by atoms with Crippen molar-refractivity contribution in [1.29, 1.82) is 0 Å². The zero-order valence-electron chi connectivity index (χ0n) is 7.96. The maximum Gasteiger partial charge on any atom is 0.316 e. The molecule has 0 bridgehead atoms. The highest BCUT2D eigenvalue weighted by Crippen LogP contribution is 2.04. The largest absolute Gasteiger partial charge is 0.467 e. The van der Waals surface area contributed by atoms with Gasteiger partial charge in [-0.1, -0.05) is 13.8 Å². The van der Waals surface area contributed by atoms with E-state index in [1.807, 2.05) is 20.9 Å². The predicted molar refractivity (Wildman–Crippen MR) is 49.5 cm³/mol. The minimum absolute atomic E-state index is 0.388. The summed E-state index contributed by atoms with van der Waals surface area (Å²) in [5.74, 6) is 0. The van der Waals surface area contributed by atoms with E-state index >= 15 is 0 Å². The molecule has 0 atom stereocenters. The number of hydrogen-bond donors (Lipinski definition) is 1. The molecule has 0 radical (unpaired) electrons. The van der Waals surface area contributed by atoms with E-state index in [0.29, 0.717) is 6.01 Å². The lowest BCUT2D eigenvalue weighted by Crippen LogP contribution is -1.94. The Bertz CT molecular complexity index is 175. The van der Waals surface area contributed by atoms with E-state index in [1.54, 1.807) is 12.4 Å². The predicted octanol–water partition coefficient (Wildman–Crippen LogP) is 1.55. The SMILES string of the molecule is CC.CNc1cnc(OC)nc1. The summed E-state index contributed by atoms with van der Waals surface area (Å²) in [7, 11) is 3.35. The van der Waals surface area contributed by atoms with Crippen LogP contribution in [0.5, 0.6) is 6.01 Å². The van der Waals surface area contributed by atoms with Gasteiger partial charge < -0.3 is 10.1 Å². The van der Waals surface area contributed by atoms with E-state index in [9.17, 15) is 0 Å². The van der Waals surface area contributed by atoms with Gasteiger partial charge in [-0.2, -0.15) is 0 Å². The third-order valence-corrected chi connectivity index (χ3v) is 1.10. The molecule has 1 rings (SSSR count). The number of nitrogens with zero attached hydrogens (tertiary/aromatic N) is 2. The van der Waals surface area contributed by atoms with Crippen molar-refractivity contribution in [2.24, 2.45) is 0 Å². The Labute approximate surface area is 73.0 Å². The van der Waals surface area contributed by atoms with Crippen LogP contribution >= 0.6 is 0 Å². The summed E-state index contributed by atoms with van der Waals surface area (Å²) < 4.78 is 4.76. The Balaban J connectivity index is 0.000000561. The Hall–Kier alpha value is -1.32. The van der Waals surface area contributed by atoms with Crippen LogP contribution in [0.3, 0.4) is 0 Å². The average molecular weight is 169 g/mol. The normalized spacial score (nSPS) is 8.00. The van der Waals surface area contributed by atoms with Crippen molar-refractivity contribution < 1.29 is 4.74 Å². The molecule has 0 fully saturated rings. The van der Waals surface area contributed by atoms with Crippen LogP contribution in [0, 0.1) is 0 Å². The maximum atomic E-state index is 4.76. The molecule has 0 saturated heterocycles. The fourth-order valence-corrected chi connectivity index (χ4v) is 0.551. The highest BCUT2D eigenvalue weighted by molar-refractivity contribution is 5.36. The van der Waals surface area contributed by atoms with Gasteiger partial charge in [0.25, 0.3) is 0 Å². The minimum atomic E-state index is 0.388. The summed E-state index contributed by atoms with van der Waals surface area (Å²) >= 11 is 0. The average Bonchev–Trinajstić information content (AvgIpc) is 2.21. The van der Waals surface area contributed by atoms with Gasteiger partial charge in [0.2, 0.25) is 0 Å². The third kappa shape index (κ3) is 3.18. The van der Waals surface area contributed by atoms with Crippen LogP contribution in [0.1, 0.15) is 13.8 Å². The van der Waals surface area contributed by atoms with E-state index in [2.05, 4.69) is 15.3 Å². The van der Waals surface area contributed by atoms with Gasteiger partial charge in [-0.15, -0.1) is 0 Å². The molecule has 0 aliphatic heterocycles. The van der Waals surface area contributed by atoms with Crippen molar-refractivity contribution in [3.8, 4) is 6.01 Å². The number of anilines is 1. The quantitative estimate of drug-likeness (QED) is 0.729. The molecule has 1 heterocycles. The Morgan fingerprint density at radius 3 is 2.08 bits per heavy atom. The smallest absolute Gasteiger partial charge is 0.316 e. The van der Waals surface area contributed by atoms with Crippen LogP contribution in [-0.2, 0) is 0 Å². The minimum Gasteiger partial charge on any atom is -0.467 e. The first-order valence-corrected chi connectivity index (χ1v) is 3.90. The summed E-state index contributed by atoms with van der Waals surface area (Å²) in [5, 5.41) is 2.90. The number of methoxy groups -OCH3 is 1. The fraction of sp³-hybridized carbons (Fsp3) is 0.500. The first-order chi connectivity index (χ1) is 5.86. The van der Waals surface area contributed by atoms with Crippen molar-refractivity contribution >= 4 is 5.69 Å². The summed E-state index contributed by atoms with van der Waals surface area (Å²) in [6, 6.07) is 0.388. The second kappa shape index (κ2) is 6.39. The van der Waals surface area contributed by atoms with E-state index in [4.69, 9.17) is 4.74 Å². The number of hydrogen-bond acceptors (Lipinski definition) is 4. The Kier molecular flexibility index (Phi) is 5.69. The van der Waals surface area contributed by atoms with Gasteiger partial charge in [0.05, 0.1) is 25.2 Å². The second-order valence-corrected chi connectivity index (χ2v) is 1.71. The highest BCUT2D eigenvalue weighted by Gasteiger charge is 1.91. The molecule has 0 unspecified atom stereocenters. The summed E-state index contributed by atoms with van der Waals surface area (Å²) in [4.78, 5) is 7.74. The number of nitrogens with one attached hydrogen (secondary N) is 1. The number of rotatable bonds is 2. The Morgan fingerprint density at radius 1 is 1.25 bits per heavy atom. The lowest BCUT2D eigenvalue weighted by molar-refractivity contribution is 0.380. The molecule has 1 N–H and O–H groups in total. The number of ether oxygens (including phenoxy) is 1. The molecule has 0 spiro atoms. The van der Waals surface area contributed by atoms with Gasteiger partial charge in [-0.25, -0.2) is 9.97 Å². The van der Waals surface area contributed by atoms with Crippen molar-refractivity contribution in [3.05, 3.63) is 12.4 Å². The molecule has 12 heavy (non-hydrogen) atoms. The molecule has 0 aliphatic carbocycles. The molecular weight excluding hydrogens is 154 g/mol. The molecule has 4 nitrogen and oxygen atoms in total. The molecule has 0 aromatic carbocycles. The second-order valence-electron chi connectivity index (χ2n) is 1.71. The van der Waals surface area contributed by atoms with Crippen LogP contribution in [0.25, 0.3) is 0 Å². The molecule has 68 valence electrons. The van der Waals surface area contributed by atoms with Gasteiger partial charge in [0, 0.05) is 7.05 Å². The monoisotopic (exact) mass is 169 g/mol. The van der Waals surface area contributed by atoms with Gasteiger partial charge >= 0.3 is 6.01 Å². The van der Waals surface area contributed by atoms with E-state index < -0.39 is 0 Å².